The molecule has 2 aromatic rings. The zero-order valence-electron chi connectivity index (χ0n) is 11.9. The highest BCUT2D eigenvalue weighted by Gasteiger charge is 2.08. The van der Waals surface area contributed by atoms with Crippen LogP contribution in [0, 0.1) is 0 Å². The van der Waals surface area contributed by atoms with E-state index >= 15 is 0 Å². The molecule has 0 N–H and O–H groups in total. The van der Waals surface area contributed by atoms with Gasteiger partial charge in [-0.15, -0.1) is 0 Å². The van der Waals surface area contributed by atoms with Crippen LogP contribution in [0.4, 0.5) is 0 Å². The largest absolute Gasteiger partial charge is 0.493 e. The summed E-state index contributed by atoms with van der Waals surface area (Å²) < 4.78 is 5.71. The number of hydrogen-bond donors (Lipinski definition) is 0. The Balaban J connectivity index is 1.93. The summed E-state index contributed by atoms with van der Waals surface area (Å²) in [7, 11) is 3.48. The van der Waals surface area contributed by atoms with E-state index < -0.39 is 0 Å². The fraction of sp³-hybridized carbons (Fsp3) is 0.235. The maximum absolute atomic E-state index is 11.9. The first-order chi connectivity index (χ1) is 9.66. The molecule has 0 spiro atoms. The van der Waals surface area contributed by atoms with Gasteiger partial charge in [-0.05, 0) is 23.8 Å². The van der Waals surface area contributed by atoms with Crippen molar-refractivity contribution in [3.63, 3.8) is 0 Å². The van der Waals surface area contributed by atoms with Crippen LogP contribution < -0.4 is 4.74 Å². The van der Waals surface area contributed by atoms with Gasteiger partial charge in [0.1, 0.15) is 5.75 Å². The number of carbonyl (C=O) groups is 1. The van der Waals surface area contributed by atoms with Crippen LogP contribution in [-0.2, 0) is 6.42 Å². The van der Waals surface area contributed by atoms with Crippen LogP contribution in [0.3, 0.4) is 0 Å². The first-order valence-corrected chi connectivity index (χ1v) is 6.65. The third-order valence-electron chi connectivity index (χ3n) is 2.99. The maximum Gasteiger partial charge on any atom is 0.253 e. The minimum absolute atomic E-state index is 0.0153. The molecule has 0 aliphatic heterocycles. The van der Waals surface area contributed by atoms with Crippen molar-refractivity contribution in [2.45, 2.75) is 6.42 Å². The number of ether oxygens (including phenoxy) is 1. The molecular formula is C17H19NO2. The summed E-state index contributed by atoms with van der Waals surface area (Å²) in [6.45, 7) is 0.601. The van der Waals surface area contributed by atoms with Gasteiger partial charge in [0.2, 0.25) is 0 Å². The molecule has 0 aliphatic carbocycles. The highest BCUT2D eigenvalue weighted by molar-refractivity contribution is 5.94. The molecule has 0 saturated carbocycles. The Labute approximate surface area is 119 Å². The average Bonchev–Trinajstić information content (AvgIpc) is 2.48. The maximum atomic E-state index is 11.9. The van der Waals surface area contributed by atoms with Crippen molar-refractivity contribution >= 4 is 5.91 Å². The van der Waals surface area contributed by atoms with E-state index in [1.54, 1.807) is 31.1 Å². The smallest absolute Gasteiger partial charge is 0.253 e. The standard InChI is InChI=1S/C17H19NO2/c1-18(2)17(19)15-9-6-10-16(13-15)20-12-11-14-7-4-3-5-8-14/h3-10,13H,11-12H2,1-2H3. The Morgan fingerprint density at radius 2 is 1.80 bits per heavy atom. The van der Waals surface area contributed by atoms with Gasteiger partial charge in [0.15, 0.2) is 0 Å². The molecule has 0 unspecified atom stereocenters. The minimum atomic E-state index is -0.0153. The van der Waals surface area contributed by atoms with E-state index in [0.29, 0.717) is 12.2 Å². The molecule has 3 nitrogen and oxygen atoms in total. The first kappa shape index (κ1) is 14.1. The second kappa shape index (κ2) is 6.75. The van der Waals surface area contributed by atoms with Gasteiger partial charge in [0.05, 0.1) is 6.61 Å². The number of benzene rings is 2. The quantitative estimate of drug-likeness (QED) is 0.835. The van der Waals surface area contributed by atoms with Crippen LogP contribution in [0.15, 0.2) is 54.6 Å². The lowest BCUT2D eigenvalue weighted by atomic mass is 10.1. The zero-order chi connectivity index (χ0) is 14.4. The molecule has 2 aromatic carbocycles. The van der Waals surface area contributed by atoms with Gasteiger partial charge in [-0.2, -0.15) is 0 Å². The molecule has 0 aromatic heterocycles. The number of hydrogen-bond acceptors (Lipinski definition) is 2. The Kier molecular flexibility index (Phi) is 4.77. The lowest BCUT2D eigenvalue weighted by Gasteiger charge is -2.12. The van der Waals surface area contributed by atoms with Crippen LogP contribution in [0.25, 0.3) is 0 Å². The van der Waals surface area contributed by atoms with Crippen molar-refractivity contribution in [3.8, 4) is 5.75 Å². The lowest BCUT2D eigenvalue weighted by Crippen LogP contribution is -2.21. The Morgan fingerprint density at radius 1 is 1.05 bits per heavy atom. The van der Waals surface area contributed by atoms with Gasteiger partial charge < -0.3 is 9.64 Å². The summed E-state index contributed by atoms with van der Waals surface area (Å²) in [5.41, 5.74) is 1.89. The molecule has 20 heavy (non-hydrogen) atoms. The normalized spacial score (nSPS) is 10.1. The van der Waals surface area contributed by atoms with Crippen LogP contribution in [0.5, 0.6) is 5.75 Å². The molecule has 0 bridgehead atoms. The fourth-order valence-corrected chi connectivity index (χ4v) is 1.91. The molecule has 0 aliphatic rings. The third kappa shape index (κ3) is 3.85. The molecule has 0 atom stereocenters. The summed E-state index contributed by atoms with van der Waals surface area (Å²) >= 11 is 0. The second-order valence-electron chi connectivity index (χ2n) is 4.81. The van der Waals surface area contributed by atoms with E-state index in [1.807, 2.05) is 30.3 Å². The minimum Gasteiger partial charge on any atom is -0.493 e. The molecule has 2 rings (SSSR count). The van der Waals surface area contributed by atoms with Gasteiger partial charge in [0, 0.05) is 26.1 Å². The van der Waals surface area contributed by atoms with Crippen molar-refractivity contribution in [1.29, 1.82) is 0 Å². The summed E-state index contributed by atoms with van der Waals surface area (Å²) in [5, 5.41) is 0. The summed E-state index contributed by atoms with van der Waals surface area (Å²) in [4.78, 5) is 13.4. The van der Waals surface area contributed by atoms with E-state index in [-0.39, 0.29) is 5.91 Å². The SMILES string of the molecule is CN(C)C(=O)c1cccc(OCCc2ccccc2)c1. The van der Waals surface area contributed by atoms with E-state index in [9.17, 15) is 4.79 Å². The number of rotatable bonds is 5. The summed E-state index contributed by atoms with van der Waals surface area (Å²) in [6, 6.07) is 17.5. The topological polar surface area (TPSA) is 29.5 Å². The molecule has 0 radical (unpaired) electrons. The number of nitrogens with zero attached hydrogens (tertiary/aromatic N) is 1. The van der Waals surface area contributed by atoms with Gasteiger partial charge >= 0.3 is 0 Å². The van der Waals surface area contributed by atoms with Crippen LogP contribution in [0.1, 0.15) is 15.9 Å². The Bertz CT molecular complexity index is 564. The van der Waals surface area contributed by atoms with Crippen molar-refractivity contribution in [1.82, 2.24) is 4.90 Å². The first-order valence-electron chi connectivity index (χ1n) is 6.65. The van der Waals surface area contributed by atoms with E-state index in [2.05, 4.69) is 12.1 Å². The predicted molar refractivity (Wildman–Crippen MR) is 80.1 cm³/mol. The van der Waals surface area contributed by atoms with Crippen molar-refractivity contribution in [3.05, 3.63) is 65.7 Å². The fourth-order valence-electron chi connectivity index (χ4n) is 1.91. The van der Waals surface area contributed by atoms with Crippen molar-refractivity contribution < 1.29 is 9.53 Å². The molecule has 0 fully saturated rings. The monoisotopic (exact) mass is 269 g/mol. The average molecular weight is 269 g/mol. The third-order valence-corrected chi connectivity index (χ3v) is 2.99. The van der Waals surface area contributed by atoms with Crippen LogP contribution in [-0.4, -0.2) is 31.5 Å². The molecule has 1 amide bonds. The Morgan fingerprint density at radius 3 is 2.50 bits per heavy atom. The van der Waals surface area contributed by atoms with Crippen LogP contribution >= 0.6 is 0 Å². The molecule has 104 valence electrons. The van der Waals surface area contributed by atoms with Gasteiger partial charge in [-0.1, -0.05) is 36.4 Å². The highest BCUT2D eigenvalue weighted by Crippen LogP contribution is 2.15. The second-order valence-corrected chi connectivity index (χ2v) is 4.81. The van der Waals surface area contributed by atoms with E-state index in [4.69, 9.17) is 4.74 Å². The predicted octanol–water partition coefficient (Wildman–Crippen LogP) is 3.01. The highest BCUT2D eigenvalue weighted by atomic mass is 16.5. The van der Waals surface area contributed by atoms with Gasteiger partial charge in [-0.25, -0.2) is 0 Å². The molecule has 0 heterocycles. The number of carbonyl (C=O) groups excluding carboxylic acids is 1. The van der Waals surface area contributed by atoms with Crippen LogP contribution in [0.2, 0.25) is 0 Å². The summed E-state index contributed by atoms with van der Waals surface area (Å²) in [6.07, 6.45) is 0.854. The molecule has 3 heteroatoms. The number of amides is 1. The zero-order valence-corrected chi connectivity index (χ0v) is 11.9. The molecule has 0 saturated heterocycles. The Hall–Kier alpha value is -2.29. The van der Waals surface area contributed by atoms with Gasteiger partial charge in [-0.3, -0.25) is 4.79 Å². The summed E-state index contributed by atoms with van der Waals surface area (Å²) in [5.74, 6) is 0.715. The molecular weight excluding hydrogens is 250 g/mol. The van der Waals surface area contributed by atoms with Crippen molar-refractivity contribution in [2.24, 2.45) is 0 Å². The lowest BCUT2D eigenvalue weighted by molar-refractivity contribution is 0.0827. The van der Waals surface area contributed by atoms with Crippen molar-refractivity contribution in [2.75, 3.05) is 20.7 Å². The van der Waals surface area contributed by atoms with Gasteiger partial charge in [0.25, 0.3) is 5.91 Å². The van der Waals surface area contributed by atoms with E-state index in [0.717, 1.165) is 12.2 Å². The van der Waals surface area contributed by atoms with E-state index in [1.165, 1.54) is 5.56 Å².